The van der Waals surface area contributed by atoms with E-state index in [1.807, 2.05) is 17.0 Å². The number of rotatable bonds is 6. The zero-order valence-electron chi connectivity index (χ0n) is 15.4. The van der Waals surface area contributed by atoms with Crippen LogP contribution in [-0.2, 0) is 10.2 Å². The molecular formula is C20H32N2O2. The molecule has 4 nitrogen and oxygen atoms in total. The van der Waals surface area contributed by atoms with Crippen molar-refractivity contribution in [3.63, 3.8) is 0 Å². The van der Waals surface area contributed by atoms with Crippen LogP contribution in [0.4, 0.5) is 0 Å². The number of nitrogens with zero attached hydrogens (tertiary/aromatic N) is 1. The Kier molecular flexibility index (Phi) is 6.67. The van der Waals surface area contributed by atoms with E-state index in [9.17, 15) is 4.79 Å². The number of hydrogen-bond acceptors (Lipinski definition) is 3. The van der Waals surface area contributed by atoms with Crippen LogP contribution in [0.15, 0.2) is 24.3 Å². The lowest BCUT2D eigenvalue weighted by atomic mass is 9.87. The van der Waals surface area contributed by atoms with Gasteiger partial charge in [-0.1, -0.05) is 32.9 Å². The van der Waals surface area contributed by atoms with Gasteiger partial charge in [-0.15, -0.1) is 0 Å². The summed E-state index contributed by atoms with van der Waals surface area (Å²) < 4.78 is 5.76. The van der Waals surface area contributed by atoms with Crippen LogP contribution in [0.3, 0.4) is 0 Å². The monoisotopic (exact) mass is 332 g/mol. The summed E-state index contributed by atoms with van der Waals surface area (Å²) in [6, 6.07) is 8.25. The molecule has 0 aromatic heterocycles. The van der Waals surface area contributed by atoms with Crippen molar-refractivity contribution in [1.82, 2.24) is 4.90 Å². The fourth-order valence-corrected chi connectivity index (χ4v) is 3.04. The highest BCUT2D eigenvalue weighted by molar-refractivity contribution is 5.76. The maximum atomic E-state index is 12.2. The van der Waals surface area contributed by atoms with Crippen LogP contribution in [0.5, 0.6) is 5.75 Å². The minimum Gasteiger partial charge on any atom is -0.494 e. The molecule has 2 N–H and O–H groups in total. The zero-order valence-corrected chi connectivity index (χ0v) is 15.4. The van der Waals surface area contributed by atoms with Crippen molar-refractivity contribution in [3.05, 3.63) is 29.8 Å². The third kappa shape index (κ3) is 5.52. The molecule has 1 aliphatic heterocycles. The normalized spacial score (nSPS) is 16.2. The lowest BCUT2D eigenvalue weighted by Gasteiger charge is -2.31. The van der Waals surface area contributed by atoms with E-state index >= 15 is 0 Å². The van der Waals surface area contributed by atoms with Crippen LogP contribution >= 0.6 is 0 Å². The number of hydrogen-bond donors (Lipinski definition) is 1. The van der Waals surface area contributed by atoms with Gasteiger partial charge in [0.1, 0.15) is 5.75 Å². The highest BCUT2D eigenvalue weighted by Crippen LogP contribution is 2.24. The summed E-state index contributed by atoms with van der Waals surface area (Å²) in [6.07, 6.45) is 3.40. The van der Waals surface area contributed by atoms with Crippen molar-refractivity contribution in [2.45, 2.75) is 51.9 Å². The molecule has 4 heteroatoms. The van der Waals surface area contributed by atoms with E-state index in [1.54, 1.807) is 0 Å². The van der Waals surface area contributed by atoms with Gasteiger partial charge in [-0.05, 0) is 54.8 Å². The fourth-order valence-electron chi connectivity index (χ4n) is 3.04. The Morgan fingerprint density at radius 1 is 1.21 bits per heavy atom. The summed E-state index contributed by atoms with van der Waals surface area (Å²) in [5, 5.41) is 0. The summed E-state index contributed by atoms with van der Waals surface area (Å²) in [5.41, 5.74) is 7.14. The number of carbonyl (C=O) groups excluding carboxylic acids is 1. The van der Waals surface area contributed by atoms with E-state index in [0.29, 0.717) is 18.9 Å². The van der Waals surface area contributed by atoms with Crippen molar-refractivity contribution in [2.75, 3.05) is 26.2 Å². The lowest BCUT2D eigenvalue weighted by molar-refractivity contribution is -0.132. The lowest BCUT2D eigenvalue weighted by Crippen LogP contribution is -2.40. The molecular weight excluding hydrogens is 300 g/mol. The number of likely N-dealkylation sites (tertiary alicyclic amines) is 1. The standard InChI is InChI=1S/C20H32N2O2/c1-20(2,3)17-6-8-18(9-7-17)24-14-4-5-19(23)22-12-10-16(15-21)11-13-22/h6-9,16H,4-5,10-15,21H2,1-3H3. The van der Waals surface area contributed by atoms with Crippen molar-refractivity contribution in [1.29, 1.82) is 0 Å². The second-order valence-corrected chi connectivity index (χ2v) is 7.79. The van der Waals surface area contributed by atoms with Gasteiger partial charge < -0.3 is 15.4 Å². The quantitative estimate of drug-likeness (QED) is 0.813. The summed E-state index contributed by atoms with van der Waals surface area (Å²) >= 11 is 0. The zero-order chi connectivity index (χ0) is 17.6. The van der Waals surface area contributed by atoms with Crippen molar-refractivity contribution < 1.29 is 9.53 Å². The Bertz CT molecular complexity index is 511. The molecule has 1 heterocycles. The molecule has 0 saturated carbocycles. The number of ether oxygens (including phenoxy) is 1. The smallest absolute Gasteiger partial charge is 0.222 e. The Morgan fingerprint density at radius 2 is 1.83 bits per heavy atom. The van der Waals surface area contributed by atoms with E-state index in [0.717, 1.165) is 44.6 Å². The second kappa shape index (κ2) is 8.52. The minimum absolute atomic E-state index is 0.155. The molecule has 134 valence electrons. The number of amides is 1. The van der Waals surface area contributed by atoms with Gasteiger partial charge in [0.15, 0.2) is 0 Å². The number of nitrogens with two attached hydrogens (primary N) is 1. The third-order valence-corrected chi connectivity index (χ3v) is 4.82. The average molecular weight is 332 g/mol. The van der Waals surface area contributed by atoms with E-state index in [1.165, 1.54) is 5.56 Å². The molecule has 2 rings (SSSR count). The highest BCUT2D eigenvalue weighted by Gasteiger charge is 2.21. The molecule has 1 aliphatic rings. The molecule has 1 aromatic carbocycles. The molecule has 1 aromatic rings. The highest BCUT2D eigenvalue weighted by atomic mass is 16.5. The molecule has 0 radical (unpaired) electrons. The van der Waals surface area contributed by atoms with Gasteiger partial charge in [0.2, 0.25) is 5.91 Å². The van der Waals surface area contributed by atoms with Crippen molar-refractivity contribution in [2.24, 2.45) is 11.7 Å². The van der Waals surface area contributed by atoms with Crippen LogP contribution in [0.2, 0.25) is 0 Å². The van der Waals surface area contributed by atoms with E-state index < -0.39 is 0 Å². The average Bonchev–Trinajstić information content (AvgIpc) is 2.58. The van der Waals surface area contributed by atoms with Crippen molar-refractivity contribution in [3.8, 4) is 5.75 Å². The summed E-state index contributed by atoms with van der Waals surface area (Å²) in [6.45, 7) is 9.63. The number of piperidine rings is 1. The third-order valence-electron chi connectivity index (χ3n) is 4.82. The van der Waals surface area contributed by atoms with E-state index in [2.05, 4.69) is 32.9 Å². The fraction of sp³-hybridized carbons (Fsp3) is 0.650. The number of carbonyl (C=O) groups is 1. The molecule has 1 amide bonds. The van der Waals surface area contributed by atoms with Crippen LogP contribution in [0.25, 0.3) is 0 Å². The first-order valence-electron chi connectivity index (χ1n) is 9.11. The Balaban J connectivity index is 1.67. The first kappa shape index (κ1) is 18.8. The molecule has 0 atom stereocenters. The minimum atomic E-state index is 0.155. The molecule has 0 aliphatic carbocycles. The van der Waals surface area contributed by atoms with Crippen LogP contribution in [0, 0.1) is 5.92 Å². The first-order chi connectivity index (χ1) is 11.4. The van der Waals surface area contributed by atoms with Gasteiger partial charge in [0, 0.05) is 19.5 Å². The van der Waals surface area contributed by atoms with Gasteiger partial charge in [0.25, 0.3) is 0 Å². The second-order valence-electron chi connectivity index (χ2n) is 7.79. The number of benzene rings is 1. The summed E-state index contributed by atoms with van der Waals surface area (Å²) in [5.74, 6) is 1.71. The molecule has 1 saturated heterocycles. The van der Waals surface area contributed by atoms with Gasteiger partial charge in [0.05, 0.1) is 6.61 Å². The van der Waals surface area contributed by atoms with Gasteiger partial charge >= 0.3 is 0 Å². The SMILES string of the molecule is CC(C)(C)c1ccc(OCCCC(=O)N2CCC(CN)CC2)cc1. The largest absolute Gasteiger partial charge is 0.494 e. The molecule has 24 heavy (non-hydrogen) atoms. The van der Waals surface area contributed by atoms with Crippen LogP contribution in [0.1, 0.15) is 52.0 Å². The Hall–Kier alpha value is -1.55. The molecule has 0 spiro atoms. The van der Waals surface area contributed by atoms with Crippen LogP contribution in [-0.4, -0.2) is 37.0 Å². The molecule has 0 bridgehead atoms. The van der Waals surface area contributed by atoms with Gasteiger partial charge in [-0.2, -0.15) is 0 Å². The van der Waals surface area contributed by atoms with E-state index in [4.69, 9.17) is 10.5 Å². The first-order valence-corrected chi connectivity index (χ1v) is 9.11. The van der Waals surface area contributed by atoms with Gasteiger partial charge in [-0.25, -0.2) is 0 Å². The molecule has 0 unspecified atom stereocenters. The van der Waals surface area contributed by atoms with Gasteiger partial charge in [-0.3, -0.25) is 4.79 Å². The maximum absolute atomic E-state index is 12.2. The van der Waals surface area contributed by atoms with Crippen LogP contribution < -0.4 is 10.5 Å². The molecule has 1 fully saturated rings. The summed E-state index contributed by atoms with van der Waals surface area (Å²) in [4.78, 5) is 14.2. The topological polar surface area (TPSA) is 55.6 Å². The Morgan fingerprint density at radius 3 is 2.38 bits per heavy atom. The predicted molar refractivity (Wildman–Crippen MR) is 98.2 cm³/mol. The Labute approximate surface area is 146 Å². The van der Waals surface area contributed by atoms with Crippen molar-refractivity contribution >= 4 is 5.91 Å². The summed E-state index contributed by atoms with van der Waals surface area (Å²) in [7, 11) is 0. The van der Waals surface area contributed by atoms with E-state index in [-0.39, 0.29) is 11.3 Å². The predicted octanol–water partition coefficient (Wildman–Crippen LogP) is 3.34. The maximum Gasteiger partial charge on any atom is 0.222 e.